The predicted octanol–water partition coefficient (Wildman–Crippen LogP) is 1.87. The molecule has 0 aliphatic carbocycles. The third-order valence-corrected chi connectivity index (χ3v) is 2.62. The second-order valence-corrected chi connectivity index (χ2v) is 4.16. The van der Waals surface area contributed by atoms with Gasteiger partial charge >= 0.3 is 5.97 Å². The van der Waals surface area contributed by atoms with Gasteiger partial charge in [-0.05, 0) is 20.8 Å². The minimum absolute atomic E-state index is 0.00514. The van der Waals surface area contributed by atoms with Gasteiger partial charge in [0.2, 0.25) is 0 Å². The number of ether oxygens (including phenoxy) is 1. The Labute approximate surface area is 116 Å². The van der Waals surface area contributed by atoms with Gasteiger partial charge in [0.1, 0.15) is 11.3 Å². The summed E-state index contributed by atoms with van der Waals surface area (Å²) in [5, 5.41) is 0. The third-order valence-electron chi connectivity index (χ3n) is 2.62. The fourth-order valence-electron chi connectivity index (χ4n) is 1.81. The summed E-state index contributed by atoms with van der Waals surface area (Å²) in [4.78, 5) is 50.7. The van der Waals surface area contributed by atoms with Crippen molar-refractivity contribution < 1.29 is 23.9 Å². The fourth-order valence-corrected chi connectivity index (χ4v) is 1.81. The fraction of sp³-hybridized carbons (Fsp3) is 0.357. The van der Waals surface area contributed by atoms with E-state index in [2.05, 4.69) is 4.98 Å². The van der Waals surface area contributed by atoms with E-state index in [4.69, 9.17) is 4.74 Å². The van der Waals surface area contributed by atoms with E-state index in [0.29, 0.717) is 0 Å². The average molecular weight is 277 g/mol. The van der Waals surface area contributed by atoms with Crippen molar-refractivity contribution in [3.8, 4) is 0 Å². The van der Waals surface area contributed by atoms with Crippen molar-refractivity contribution in [1.82, 2.24) is 4.98 Å². The lowest BCUT2D eigenvalue weighted by molar-refractivity contribution is 0.0519. The summed E-state index contributed by atoms with van der Waals surface area (Å²) in [5.74, 6) is -2.23. The van der Waals surface area contributed by atoms with E-state index in [9.17, 15) is 19.2 Å². The molecule has 1 aromatic heterocycles. The molecular formula is C14H15NO5. The molecule has 0 unspecified atom stereocenters. The number of nitrogens with zero attached hydrogens (tertiary/aromatic N) is 1. The van der Waals surface area contributed by atoms with E-state index in [1.54, 1.807) is 6.92 Å². The lowest BCUT2D eigenvalue weighted by atomic mass is 9.95. The van der Waals surface area contributed by atoms with Gasteiger partial charge < -0.3 is 4.74 Å². The van der Waals surface area contributed by atoms with Crippen molar-refractivity contribution in [2.75, 3.05) is 6.61 Å². The largest absolute Gasteiger partial charge is 0.462 e. The van der Waals surface area contributed by atoms with Crippen LogP contribution in [0.25, 0.3) is 0 Å². The highest BCUT2D eigenvalue weighted by molar-refractivity contribution is 6.16. The molecule has 0 aromatic carbocycles. The van der Waals surface area contributed by atoms with Gasteiger partial charge in [0, 0.05) is 24.2 Å². The number of aromatic nitrogens is 1. The highest BCUT2D eigenvalue weighted by atomic mass is 16.5. The first-order valence-electron chi connectivity index (χ1n) is 6.04. The van der Waals surface area contributed by atoms with Gasteiger partial charge in [0.05, 0.1) is 6.61 Å². The Hall–Kier alpha value is -2.37. The van der Waals surface area contributed by atoms with Crippen molar-refractivity contribution in [1.29, 1.82) is 0 Å². The summed E-state index contributed by atoms with van der Waals surface area (Å²) in [6.45, 7) is 5.38. The van der Waals surface area contributed by atoms with E-state index >= 15 is 0 Å². The second kappa shape index (κ2) is 6.18. The monoisotopic (exact) mass is 277 g/mol. The normalized spacial score (nSPS) is 10.0. The van der Waals surface area contributed by atoms with Crippen LogP contribution in [0.5, 0.6) is 0 Å². The summed E-state index contributed by atoms with van der Waals surface area (Å²) in [6, 6.07) is 0. The Bertz CT molecular complexity index is 604. The number of carbonyl (C=O) groups excluding carboxylic acids is 4. The van der Waals surface area contributed by atoms with Crippen LogP contribution in [0.4, 0.5) is 0 Å². The first kappa shape index (κ1) is 15.7. The number of carbonyl (C=O) groups is 4. The SMILES string of the molecule is CCOC(=O)c1c(C(C)=O)ncc(C(C)=O)c1C(C)=O. The van der Waals surface area contributed by atoms with Gasteiger partial charge in [-0.3, -0.25) is 19.4 Å². The molecule has 0 bridgehead atoms. The number of ketones is 3. The lowest BCUT2D eigenvalue weighted by Gasteiger charge is -2.12. The highest BCUT2D eigenvalue weighted by Crippen LogP contribution is 2.20. The Balaban J connectivity index is 3.74. The Morgan fingerprint density at radius 2 is 1.60 bits per heavy atom. The molecule has 0 spiro atoms. The summed E-state index contributed by atoms with van der Waals surface area (Å²) in [5.41, 5.74) is -0.514. The molecule has 0 fully saturated rings. The van der Waals surface area contributed by atoms with E-state index in [1.807, 2.05) is 0 Å². The first-order valence-corrected chi connectivity index (χ1v) is 6.04. The lowest BCUT2D eigenvalue weighted by Crippen LogP contribution is -2.20. The smallest absolute Gasteiger partial charge is 0.341 e. The molecule has 0 saturated heterocycles. The van der Waals surface area contributed by atoms with Crippen molar-refractivity contribution in [2.24, 2.45) is 0 Å². The topological polar surface area (TPSA) is 90.4 Å². The third kappa shape index (κ3) is 2.96. The van der Waals surface area contributed by atoms with Crippen LogP contribution in [0.3, 0.4) is 0 Å². The van der Waals surface area contributed by atoms with E-state index in [0.717, 1.165) is 6.20 Å². The Morgan fingerprint density at radius 3 is 2.00 bits per heavy atom. The zero-order valence-electron chi connectivity index (χ0n) is 11.8. The number of pyridine rings is 1. The molecule has 1 aromatic rings. The highest BCUT2D eigenvalue weighted by Gasteiger charge is 2.27. The molecule has 6 heteroatoms. The number of hydrogen-bond donors (Lipinski definition) is 0. The second-order valence-electron chi connectivity index (χ2n) is 4.16. The molecule has 0 N–H and O–H groups in total. The Kier molecular flexibility index (Phi) is 4.85. The number of hydrogen-bond acceptors (Lipinski definition) is 6. The molecule has 0 amide bonds. The van der Waals surface area contributed by atoms with Crippen molar-refractivity contribution in [2.45, 2.75) is 27.7 Å². The quantitative estimate of drug-likeness (QED) is 0.602. The van der Waals surface area contributed by atoms with Gasteiger partial charge in [0.25, 0.3) is 0 Å². The number of esters is 1. The zero-order chi connectivity index (χ0) is 15.4. The molecule has 0 radical (unpaired) electrons. The van der Waals surface area contributed by atoms with E-state index < -0.39 is 23.3 Å². The molecule has 20 heavy (non-hydrogen) atoms. The molecule has 1 heterocycles. The van der Waals surface area contributed by atoms with Gasteiger partial charge in [-0.15, -0.1) is 0 Å². The van der Waals surface area contributed by atoms with Gasteiger partial charge in [-0.1, -0.05) is 0 Å². The maximum atomic E-state index is 12.0. The zero-order valence-corrected chi connectivity index (χ0v) is 11.8. The molecule has 0 aliphatic rings. The molecule has 6 nitrogen and oxygen atoms in total. The summed E-state index contributed by atoms with van der Waals surface area (Å²) in [7, 11) is 0. The summed E-state index contributed by atoms with van der Waals surface area (Å²) >= 11 is 0. The minimum Gasteiger partial charge on any atom is -0.462 e. The molecule has 1 rings (SSSR count). The van der Waals surface area contributed by atoms with Gasteiger partial charge in [-0.25, -0.2) is 4.79 Å². The van der Waals surface area contributed by atoms with Crippen LogP contribution in [-0.4, -0.2) is 34.9 Å². The van der Waals surface area contributed by atoms with Gasteiger partial charge in [0.15, 0.2) is 17.3 Å². The van der Waals surface area contributed by atoms with Crippen LogP contribution in [0.1, 0.15) is 69.3 Å². The van der Waals surface area contributed by atoms with Crippen LogP contribution < -0.4 is 0 Å². The van der Waals surface area contributed by atoms with E-state index in [-0.39, 0.29) is 29.0 Å². The van der Waals surface area contributed by atoms with Crippen molar-refractivity contribution in [3.63, 3.8) is 0 Å². The summed E-state index contributed by atoms with van der Waals surface area (Å²) < 4.78 is 4.85. The molecular weight excluding hydrogens is 262 g/mol. The number of Topliss-reactive ketones (excluding diaryl/α,β-unsaturated/α-hetero) is 3. The predicted molar refractivity (Wildman–Crippen MR) is 70.2 cm³/mol. The average Bonchev–Trinajstić information content (AvgIpc) is 2.36. The van der Waals surface area contributed by atoms with Crippen LogP contribution in [-0.2, 0) is 4.74 Å². The Morgan fingerprint density at radius 1 is 1.00 bits per heavy atom. The number of rotatable bonds is 5. The molecule has 0 atom stereocenters. The van der Waals surface area contributed by atoms with Crippen molar-refractivity contribution in [3.05, 3.63) is 28.6 Å². The van der Waals surface area contributed by atoms with Crippen molar-refractivity contribution >= 4 is 23.3 Å². The van der Waals surface area contributed by atoms with Crippen LogP contribution in [0.2, 0.25) is 0 Å². The van der Waals surface area contributed by atoms with E-state index in [1.165, 1.54) is 20.8 Å². The minimum atomic E-state index is -0.835. The maximum Gasteiger partial charge on any atom is 0.341 e. The summed E-state index contributed by atoms with van der Waals surface area (Å²) in [6.07, 6.45) is 1.14. The van der Waals surface area contributed by atoms with Crippen LogP contribution in [0, 0.1) is 0 Å². The molecule has 106 valence electrons. The van der Waals surface area contributed by atoms with Gasteiger partial charge in [-0.2, -0.15) is 0 Å². The standard InChI is InChI=1S/C14H15NO5/c1-5-20-14(19)12-11(8(3)17)10(7(2)16)6-15-13(12)9(4)18/h6H,5H2,1-4H3. The molecule has 0 aliphatic heterocycles. The molecule has 0 saturated carbocycles. The maximum absolute atomic E-state index is 12.0. The first-order chi connectivity index (χ1) is 9.31. The van der Waals surface area contributed by atoms with Crippen LogP contribution >= 0.6 is 0 Å². The van der Waals surface area contributed by atoms with Crippen LogP contribution in [0.15, 0.2) is 6.20 Å².